The number of carbonyl (C=O) groups excluding carboxylic acids is 1. The van der Waals surface area contributed by atoms with Gasteiger partial charge in [0.05, 0.1) is 6.26 Å². The SMILES string of the molecule is CC(=O)OC[C@]1(O)C[C@@]23CC[C@@H]4c5ccoc5C=C[C@]4(C)[C@H]2CC[C@H]1C3. The molecule has 0 unspecified atom stereocenters. The number of hydrogen-bond acceptors (Lipinski definition) is 4. The Balaban J connectivity index is 1.48. The van der Waals surface area contributed by atoms with E-state index >= 15 is 0 Å². The summed E-state index contributed by atoms with van der Waals surface area (Å²) in [5.41, 5.74) is 0.810. The Morgan fingerprint density at radius 2 is 2.23 bits per heavy atom. The van der Waals surface area contributed by atoms with Gasteiger partial charge in [-0.15, -0.1) is 0 Å². The summed E-state index contributed by atoms with van der Waals surface area (Å²) in [6.45, 7) is 4.00. The van der Waals surface area contributed by atoms with Gasteiger partial charge in [-0.3, -0.25) is 4.79 Å². The Kier molecular flexibility index (Phi) is 3.35. The van der Waals surface area contributed by atoms with Crippen LogP contribution in [0, 0.1) is 22.7 Å². The smallest absolute Gasteiger partial charge is 0.302 e. The molecule has 1 aromatic heterocycles. The molecule has 140 valence electrons. The van der Waals surface area contributed by atoms with Crippen LogP contribution in [0.5, 0.6) is 0 Å². The van der Waals surface area contributed by atoms with E-state index in [4.69, 9.17) is 9.15 Å². The molecule has 0 aromatic carbocycles. The van der Waals surface area contributed by atoms with Crippen molar-refractivity contribution in [2.24, 2.45) is 22.7 Å². The number of ether oxygens (including phenoxy) is 1. The molecular formula is C22H28O4. The first-order chi connectivity index (χ1) is 12.4. The van der Waals surface area contributed by atoms with Crippen molar-refractivity contribution in [1.29, 1.82) is 0 Å². The van der Waals surface area contributed by atoms with E-state index in [2.05, 4.69) is 25.1 Å². The summed E-state index contributed by atoms with van der Waals surface area (Å²) in [7, 11) is 0. The zero-order valence-corrected chi connectivity index (χ0v) is 15.7. The second kappa shape index (κ2) is 5.25. The van der Waals surface area contributed by atoms with Crippen LogP contribution < -0.4 is 0 Å². The van der Waals surface area contributed by atoms with Gasteiger partial charge in [0.2, 0.25) is 0 Å². The lowest BCUT2D eigenvalue weighted by atomic mass is 9.46. The molecule has 1 N–H and O–H groups in total. The maximum Gasteiger partial charge on any atom is 0.302 e. The normalized spacial score (nSPS) is 45.6. The van der Waals surface area contributed by atoms with E-state index in [0.29, 0.717) is 11.8 Å². The molecule has 5 rings (SSSR count). The molecule has 1 aromatic rings. The largest absolute Gasteiger partial charge is 0.465 e. The van der Waals surface area contributed by atoms with Crippen LogP contribution in [0.1, 0.15) is 69.6 Å². The number of fused-ring (bicyclic) bond motifs is 5. The first kappa shape index (κ1) is 16.6. The molecule has 4 aliphatic carbocycles. The highest BCUT2D eigenvalue weighted by Gasteiger charge is 2.65. The zero-order valence-electron chi connectivity index (χ0n) is 15.7. The predicted molar refractivity (Wildman–Crippen MR) is 97.3 cm³/mol. The second-order valence-corrected chi connectivity index (χ2v) is 9.48. The van der Waals surface area contributed by atoms with E-state index in [1.54, 1.807) is 0 Å². The summed E-state index contributed by atoms with van der Waals surface area (Å²) in [4.78, 5) is 11.3. The maximum atomic E-state index is 11.3. The van der Waals surface area contributed by atoms with E-state index in [0.717, 1.165) is 44.3 Å². The van der Waals surface area contributed by atoms with Crippen molar-refractivity contribution < 1.29 is 19.1 Å². The maximum absolute atomic E-state index is 11.3. The molecule has 0 saturated heterocycles. The average Bonchev–Trinajstić information content (AvgIpc) is 3.14. The molecule has 0 amide bonds. The van der Waals surface area contributed by atoms with Crippen LogP contribution in [-0.4, -0.2) is 23.3 Å². The van der Waals surface area contributed by atoms with Gasteiger partial charge in [-0.25, -0.2) is 0 Å². The minimum absolute atomic E-state index is 0.118. The molecule has 26 heavy (non-hydrogen) atoms. The Labute approximate surface area is 154 Å². The highest BCUT2D eigenvalue weighted by Crippen LogP contribution is 2.71. The van der Waals surface area contributed by atoms with Gasteiger partial charge in [0, 0.05) is 12.5 Å². The molecule has 4 aliphatic rings. The first-order valence-electron chi connectivity index (χ1n) is 9.99. The minimum atomic E-state index is -0.844. The number of furan rings is 1. The van der Waals surface area contributed by atoms with Crippen molar-refractivity contribution in [3.8, 4) is 0 Å². The monoisotopic (exact) mass is 356 g/mol. The van der Waals surface area contributed by atoms with Gasteiger partial charge in [-0.05, 0) is 79.3 Å². The number of aliphatic hydroxyl groups is 1. The van der Waals surface area contributed by atoms with Crippen molar-refractivity contribution in [1.82, 2.24) is 0 Å². The molecule has 4 heteroatoms. The molecule has 6 atom stereocenters. The molecular weight excluding hydrogens is 328 g/mol. The van der Waals surface area contributed by atoms with Crippen LogP contribution in [0.25, 0.3) is 6.08 Å². The van der Waals surface area contributed by atoms with E-state index in [1.165, 1.54) is 12.5 Å². The summed E-state index contributed by atoms with van der Waals surface area (Å²) in [6, 6.07) is 2.15. The van der Waals surface area contributed by atoms with Crippen LogP contribution in [0.4, 0.5) is 0 Å². The van der Waals surface area contributed by atoms with Crippen molar-refractivity contribution in [3.63, 3.8) is 0 Å². The lowest BCUT2D eigenvalue weighted by Crippen LogP contribution is -2.49. The zero-order chi connectivity index (χ0) is 18.2. The Morgan fingerprint density at radius 1 is 1.38 bits per heavy atom. The predicted octanol–water partition coefficient (Wildman–Crippen LogP) is 4.29. The standard InChI is InChI=1S/C22H28O4/c1-14(23)26-13-22(24)12-21-9-5-17-16-7-10-25-18(16)6-8-20(17,2)19(21)4-3-15(22)11-21/h6-8,10,15,17,19,24H,3-5,9,11-13H2,1-2H3/t15-,17+,19+,20-,21-,22+/m0/s1. The summed E-state index contributed by atoms with van der Waals surface area (Å²) in [5, 5.41) is 11.3. The van der Waals surface area contributed by atoms with Gasteiger partial charge >= 0.3 is 5.97 Å². The Morgan fingerprint density at radius 3 is 3.04 bits per heavy atom. The molecule has 0 aliphatic heterocycles. The number of rotatable bonds is 2. The molecule has 1 heterocycles. The quantitative estimate of drug-likeness (QED) is 0.803. The highest BCUT2D eigenvalue weighted by atomic mass is 16.5. The van der Waals surface area contributed by atoms with Crippen LogP contribution >= 0.6 is 0 Å². The van der Waals surface area contributed by atoms with E-state index < -0.39 is 5.60 Å². The van der Waals surface area contributed by atoms with Crippen molar-refractivity contribution in [2.45, 2.75) is 63.9 Å². The minimum Gasteiger partial charge on any atom is -0.465 e. The van der Waals surface area contributed by atoms with Gasteiger partial charge in [-0.1, -0.05) is 13.0 Å². The first-order valence-corrected chi connectivity index (χ1v) is 9.99. The fourth-order valence-corrected chi connectivity index (χ4v) is 7.27. The number of esters is 1. The Bertz CT molecular complexity index is 779. The van der Waals surface area contributed by atoms with Gasteiger partial charge in [-0.2, -0.15) is 0 Å². The molecule has 2 bridgehead atoms. The third-order valence-electron chi connectivity index (χ3n) is 8.27. The average molecular weight is 356 g/mol. The number of allylic oxidation sites excluding steroid dienone is 1. The van der Waals surface area contributed by atoms with Crippen molar-refractivity contribution >= 4 is 12.0 Å². The molecule has 0 radical (unpaired) electrons. The fraction of sp³-hybridized carbons (Fsp3) is 0.682. The summed E-state index contributed by atoms with van der Waals surface area (Å²) < 4.78 is 10.9. The third-order valence-corrected chi connectivity index (χ3v) is 8.27. The van der Waals surface area contributed by atoms with E-state index in [-0.39, 0.29) is 29.3 Å². The van der Waals surface area contributed by atoms with Crippen LogP contribution in [0.15, 0.2) is 22.8 Å². The summed E-state index contributed by atoms with van der Waals surface area (Å²) in [5.74, 6) is 2.06. The fourth-order valence-electron chi connectivity index (χ4n) is 7.27. The summed E-state index contributed by atoms with van der Waals surface area (Å²) >= 11 is 0. The van der Waals surface area contributed by atoms with Gasteiger partial charge in [0.1, 0.15) is 18.0 Å². The summed E-state index contributed by atoms with van der Waals surface area (Å²) in [6.07, 6.45) is 12.7. The van der Waals surface area contributed by atoms with Crippen LogP contribution in [0.3, 0.4) is 0 Å². The lowest BCUT2D eigenvalue weighted by Gasteiger charge is -2.58. The highest BCUT2D eigenvalue weighted by molar-refractivity contribution is 5.66. The molecule has 1 spiro atoms. The number of hydrogen-bond donors (Lipinski definition) is 1. The molecule has 4 nitrogen and oxygen atoms in total. The van der Waals surface area contributed by atoms with Gasteiger partial charge in [0.15, 0.2) is 0 Å². The van der Waals surface area contributed by atoms with Crippen molar-refractivity contribution in [2.75, 3.05) is 6.61 Å². The van der Waals surface area contributed by atoms with Crippen molar-refractivity contribution in [3.05, 3.63) is 29.7 Å². The third kappa shape index (κ3) is 2.08. The second-order valence-electron chi connectivity index (χ2n) is 9.48. The topological polar surface area (TPSA) is 59.7 Å². The molecule has 3 saturated carbocycles. The van der Waals surface area contributed by atoms with Crippen LogP contribution in [0.2, 0.25) is 0 Å². The molecule has 3 fully saturated rings. The van der Waals surface area contributed by atoms with Gasteiger partial charge < -0.3 is 14.3 Å². The van der Waals surface area contributed by atoms with Gasteiger partial charge in [0.25, 0.3) is 0 Å². The lowest BCUT2D eigenvalue weighted by molar-refractivity contribution is -0.151. The number of carbonyl (C=O) groups is 1. The Hall–Kier alpha value is -1.55. The van der Waals surface area contributed by atoms with E-state index in [1.807, 2.05) is 6.26 Å². The van der Waals surface area contributed by atoms with Crippen LogP contribution in [-0.2, 0) is 9.53 Å². The van der Waals surface area contributed by atoms with E-state index in [9.17, 15) is 9.90 Å².